The molecular weight excluding hydrogens is 194 g/mol. The van der Waals surface area contributed by atoms with E-state index in [4.69, 9.17) is 0 Å². The molecule has 0 atom stereocenters. The molecule has 0 aliphatic rings. The van der Waals surface area contributed by atoms with E-state index >= 15 is 0 Å². The Balaban J connectivity index is 2.82. The van der Waals surface area contributed by atoms with Crippen LogP contribution in [0.5, 0.6) is 0 Å². The quantitative estimate of drug-likeness (QED) is 0.554. The Bertz CT molecular complexity index is 525. The molecular formula is C5H3N5O4. The van der Waals surface area contributed by atoms with Gasteiger partial charge in [0.1, 0.15) is 0 Å². The lowest BCUT2D eigenvalue weighted by molar-refractivity contribution is -0.423. The van der Waals surface area contributed by atoms with Crippen molar-refractivity contribution in [2.24, 2.45) is 0 Å². The number of imidazole rings is 1. The lowest BCUT2D eigenvalue weighted by Gasteiger charge is -1.87. The van der Waals surface area contributed by atoms with Crippen molar-refractivity contribution in [1.82, 2.24) is 14.6 Å². The minimum absolute atomic E-state index is 0.0679. The van der Waals surface area contributed by atoms with Gasteiger partial charge in [0.05, 0.1) is 11.1 Å². The molecule has 0 aliphatic heterocycles. The molecule has 2 aromatic heterocycles. The highest BCUT2D eigenvalue weighted by atomic mass is 16.6. The van der Waals surface area contributed by atoms with Crippen LogP contribution in [0, 0.1) is 20.2 Å². The molecule has 0 bridgehead atoms. The summed E-state index contributed by atoms with van der Waals surface area (Å²) in [6, 6.07) is 0. The number of hydrogen-bond acceptors (Lipinski definition) is 5. The summed E-state index contributed by atoms with van der Waals surface area (Å²) in [5.74, 6) is -0.668. The number of H-pyrrole nitrogens is 1. The van der Waals surface area contributed by atoms with E-state index in [1.54, 1.807) is 0 Å². The monoisotopic (exact) mass is 197 g/mol. The summed E-state index contributed by atoms with van der Waals surface area (Å²) >= 11 is 0. The Morgan fingerprint density at radius 1 is 1.36 bits per heavy atom. The number of aromatic amines is 1. The van der Waals surface area contributed by atoms with Gasteiger partial charge in [-0.2, -0.15) is 9.61 Å². The van der Waals surface area contributed by atoms with Gasteiger partial charge in [0.15, 0.2) is 0 Å². The SMILES string of the molecule is O=[N+]([O-])c1[nH]n2ccnc2c1[N+](=O)[O-]. The Morgan fingerprint density at radius 2 is 2.07 bits per heavy atom. The first kappa shape index (κ1) is 8.16. The van der Waals surface area contributed by atoms with Gasteiger partial charge in [-0.15, -0.1) is 0 Å². The number of fused-ring (bicyclic) bond motifs is 1. The van der Waals surface area contributed by atoms with Crippen LogP contribution in [0.25, 0.3) is 5.65 Å². The molecule has 0 amide bonds. The zero-order chi connectivity index (χ0) is 10.3. The Morgan fingerprint density at radius 3 is 2.64 bits per heavy atom. The number of nitrogens with zero attached hydrogens (tertiary/aromatic N) is 4. The van der Waals surface area contributed by atoms with Gasteiger partial charge >= 0.3 is 11.5 Å². The van der Waals surface area contributed by atoms with E-state index in [0.717, 1.165) is 4.52 Å². The van der Waals surface area contributed by atoms with Gasteiger partial charge in [-0.3, -0.25) is 10.1 Å². The first-order chi connectivity index (χ1) is 6.61. The maximum Gasteiger partial charge on any atom is 0.422 e. The van der Waals surface area contributed by atoms with E-state index in [1.807, 2.05) is 0 Å². The number of hydrogen-bond donors (Lipinski definition) is 1. The van der Waals surface area contributed by atoms with E-state index in [1.165, 1.54) is 12.4 Å². The smallest absolute Gasteiger partial charge is 0.358 e. The molecule has 0 fully saturated rings. The van der Waals surface area contributed by atoms with Crippen LogP contribution in [0.3, 0.4) is 0 Å². The highest BCUT2D eigenvalue weighted by Gasteiger charge is 2.32. The second-order valence-electron chi connectivity index (χ2n) is 2.44. The average molecular weight is 197 g/mol. The molecule has 14 heavy (non-hydrogen) atoms. The van der Waals surface area contributed by atoms with Crippen LogP contribution in [0.2, 0.25) is 0 Å². The molecule has 2 rings (SSSR count). The Kier molecular flexibility index (Phi) is 1.47. The van der Waals surface area contributed by atoms with Crippen LogP contribution in [0.1, 0.15) is 0 Å². The van der Waals surface area contributed by atoms with E-state index < -0.39 is 21.4 Å². The van der Waals surface area contributed by atoms with Crippen molar-refractivity contribution < 1.29 is 9.85 Å². The maximum atomic E-state index is 10.5. The van der Waals surface area contributed by atoms with Crippen LogP contribution in [0.4, 0.5) is 11.5 Å². The van der Waals surface area contributed by atoms with Crippen LogP contribution in [-0.2, 0) is 0 Å². The normalized spacial score (nSPS) is 10.6. The van der Waals surface area contributed by atoms with Gasteiger partial charge in [-0.1, -0.05) is 0 Å². The van der Waals surface area contributed by atoms with Gasteiger partial charge in [0.25, 0.3) is 5.65 Å². The second-order valence-corrected chi connectivity index (χ2v) is 2.44. The predicted molar refractivity (Wildman–Crippen MR) is 42.9 cm³/mol. The molecule has 0 saturated heterocycles. The van der Waals surface area contributed by atoms with Gasteiger partial charge in [-0.25, -0.2) is 4.98 Å². The topological polar surface area (TPSA) is 119 Å². The summed E-state index contributed by atoms with van der Waals surface area (Å²) in [5, 5.41) is 23.2. The van der Waals surface area contributed by atoms with E-state index in [2.05, 4.69) is 10.1 Å². The molecule has 9 heteroatoms. The zero-order valence-corrected chi connectivity index (χ0v) is 6.58. The molecule has 0 spiro atoms. The summed E-state index contributed by atoms with van der Waals surface area (Å²) in [7, 11) is 0. The van der Waals surface area contributed by atoms with Crippen molar-refractivity contribution in [3.63, 3.8) is 0 Å². The Hall–Kier alpha value is -2.45. The fourth-order valence-corrected chi connectivity index (χ4v) is 1.14. The standard InChI is InChI=1S/C5H3N5O4/c11-9(12)3-4-6-1-2-8(4)7-5(3)10(13)14/h1-2,7H. The molecule has 0 aromatic carbocycles. The molecule has 0 radical (unpaired) electrons. The van der Waals surface area contributed by atoms with Crippen molar-refractivity contribution in [2.75, 3.05) is 0 Å². The lowest BCUT2D eigenvalue weighted by atomic mass is 10.5. The minimum Gasteiger partial charge on any atom is -0.358 e. The number of nitro groups is 2. The summed E-state index contributed by atoms with van der Waals surface area (Å²) in [6.07, 6.45) is 2.66. The van der Waals surface area contributed by atoms with Crippen molar-refractivity contribution in [2.45, 2.75) is 0 Å². The highest BCUT2D eigenvalue weighted by Crippen LogP contribution is 2.28. The average Bonchev–Trinajstić information content (AvgIpc) is 2.58. The second kappa shape index (κ2) is 2.52. The maximum absolute atomic E-state index is 10.5. The molecule has 72 valence electrons. The fourth-order valence-electron chi connectivity index (χ4n) is 1.14. The molecule has 0 saturated carbocycles. The summed E-state index contributed by atoms with van der Waals surface area (Å²) in [6.45, 7) is 0. The van der Waals surface area contributed by atoms with Gasteiger partial charge in [0.2, 0.25) is 0 Å². The number of aromatic nitrogens is 3. The zero-order valence-electron chi connectivity index (χ0n) is 6.58. The minimum atomic E-state index is -0.854. The van der Waals surface area contributed by atoms with Gasteiger partial charge < -0.3 is 10.1 Å². The molecule has 2 heterocycles. The van der Waals surface area contributed by atoms with Crippen molar-refractivity contribution >= 4 is 17.2 Å². The summed E-state index contributed by atoms with van der Waals surface area (Å²) < 4.78 is 1.12. The van der Waals surface area contributed by atoms with E-state index in [-0.39, 0.29) is 5.65 Å². The molecule has 0 unspecified atom stereocenters. The third-order valence-electron chi connectivity index (χ3n) is 1.67. The first-order valence-electron chi connectivity index (χ1n) is 3.45. The molecule has 9 nitrogen and oxygen atoms in total. The van der Waals surface area contributed by atoms with Crippen molar-refractivity contribution in [3.8, 4) is 0 Å². The third kappa shape index (κ3) is 0.920. The van der Waals surface area contributed by atoms with Crippen LogP contribution < -0.4 is 0 Å². The van der Waals surface area contributed by atoms with Gasteiger partial charge in [0, 0.05) is 6.20 Å². The van der Waals surface area contributed by atoms with E-state index in [9.17, 15) is 20.2 Å². The number of rotatable bonds is 2. The van der Waals surface area contributed by atoms with Crippen molar-refractivity contribution in [1.29, 1.82) is 0 Å². The third-order valence-corrected chi connectivity index (χ3v) is 1.67. The van der Waals surface area contributed by atoms with E-state index in [0.29, 0.717) is 0 Å². The molecule has 0 aliphatic carbocycles. The lowest BCUT2D eigenvalue weighted by Crippen LogP contribution is -1.94. The van der Waals surface area contributed by atoms with Crippen molar-refractivity contribution in [3.05, 3.63) is 32.6 Å². The van der Waals surface area contributed by atoms with Crippen LogP contribution in [0.15, 0.2) is 12.4 Å². The molecule has 1 N–H and O–H groups in total. The molecule has 2 aromatic rings. The highest BCUT2D eigenvalue weighted by molar-refractivity contribution is 5.68. The number of nitrogens with one attached hydrogen (secondary N) is 1. The largest absolute Gasteiger partial charge is 0.422 e. The fraction of sp³-hybridized carbons (Fsp3) is 0. The van der Waals surface area contributed by atoms with Crippen LogP contribution in [-0.4, -0.2) is 24.4 Å². The first-order valence-corrected chi connectivity index (χ1v) is 3.45. The Labute approximate surface area is 75.3 Å². The summed E-state index contributed by atoms with van der Waals surface area (Å²) in [5.41, 5.74) is -0.693. The van der Waals surface area contributed by atoms with Crippen LogP contribution >= 0.6 is 0 Å². The summed E-state index contributed by atoms with van der Waals surface area (Å²) in [4.78, 5) is 22.9. The predicted octanol–water partition coefficient (Wildman–Crippen LogP) is 0.479. The van der Waals surface area contributed by atoms with Gasteiger partial charge in [-0.05, 0) is 4.92 Å².